The molecule has 0 radical (unpaired) electrons. The standard InChI is InChI=1S/C21H26N2O.C8H13F/c1-13(2)21-16(5)23(15(4)18(21)12-22-6)19-8-7-9-20(14(19)3)24-17-10-11-17;1-4-5-6-8(9)7(2)3/h7-9,12,17H,1,10-11H2,2-6H3;4H,1,5-6H2,2-3H3. The molecule has 1 aliphatic rings. The molecule has 3 rings (SSSR count). The van der Waals surface area contributed by atoms with E-state index in [4.69, 9.17) is 4.74 Å². The van der Waals surface area contributed by atoms with E-state index in [-0.39, 0.29) is 5.83 Å². The summed E-state index contributed by atoms with van der Waals surface area (Å²) >= 11 is 0. The van der Waals surface area contributed by atoms with Gasteiger partial charge in [0.15, 0.2) is 0 Å². The number of aliphatic imine (C=N–C) groups is 1. The Balaban J connectivity index is 0.000000365. The fourth-order valence-corrected chi connectivity index (χ4v) is 3.86. The number of allylic oxidation sites excluding steroid dienone is 4. The van der Waals surface area contributed by atoms with Gasteiger partial charge in [-0.1, -0.05) is 18.7 Å². The molecule has 0 N–H and O–H groups in total. The molecule has 1 aromatic heterocycles. The SMILES string of the molecule is C=C(C)c1c(C=NC)c(C)n(-c2cccc(OC3CC3)c2C)c1C.C=CCCC(F)=C(C)C. The molecular weight excluding hydrogens is 411 g/mol. The number of ether oxygens (including phenoxy) is 1. The van der Waals surface area contributed by atoms with E-state index in [1.54, 1.807) is 19.9 Å². The predicted molar refractivity (Wildman–Crippen MR) is 141 cm³/mol. The van der Waals surface area contributed by atoms with Gasteiger partial charge in [-0.15, -0.1) is 6.58 Å². The summed E-state index contributed by atoms with van der Waals surface area (Å²) < 4.78 is 20.9. The zero-order valence-electron chi connectivity index (χ0n) is 21.4. The number of benzene rings is 1. The van der Waals surface area contributed by atoms with Crippen LogP contribution in [0.4, 0.5) is 4.39 Å². The Labute approximate surface area is 199 Å². The van der Waals surface area contributed by atoms with Crippen molar-refractivity contribution in [2.24, 2.45) is 4.99 Å². The molecule has 33 heavy (non-hydrogen) atoms. The van der Waals surface area contributed by atoms with Crippen molar-refractivity contribution in [2.75, 3.05) is 7.05 Å². The van der Waals surface area contributed by atoms with E-state index in [9.17, 15) is 4.39 Å². The summed E-state index contributed by atoms with van der Waals surface area (Å²) in [5.41, 5.74) is 8.90. The molecular formula is C29H39FN2O. The highest BCUT2D eigenvalue weighted by atomic mass is 19.1. The average molecular weight is 451 g/mol. The van der Waals surface area contributed by atoms with Crippen molar-refractivity contribution in [1.82, 2.24) is 4.57 Å². The summed E-state index contributed by atoms with van der Waals surface area (Å²) in [6.45, 7) is 19.7. The molecule has 1 fully saturated rings. The van der Waals surface area contributed by atoms with Crippen LogP contribution < -0.4 is 4.74 Å². The monoisotopic (exact) mass is 450 g/mol. The van der Waals surface area contributed by atoms with Crippen LogP contribution in [0.15, 0.2) is 53.8 Å². The van der Waals surface area contributed by atoms with Crippen LogP contribution in [0.25, 0.3) is 11.3 Å². The number of nitrogens with zero attached hydrogens (tertiary/aromatic N) is 2. The van der Waals surface area contributed by atoms with Gasteiger partial charge >= 0.3 is 0 Å². The fraction of sp³-hybridized carbons (Fsp3) is 0.414. The van der Waals surface area contributed by atoms with Gasteiger partial charge in [-0.05, 0) is 84.1 Å². The van der Waals surface area contributed by atoms with E-state index < -0.39 is 0 Å². The second kappa shape index (κ2) is 11.8. The third-order valence-corrected chi connectivity index (χ3v) is 5.80. The first-order chi connectivity index (χ1) is 15.6. The maximum Gasteiger partial charge on any atom is 0.124 e. The summed E-state index contributed by atoms with van der Waals surface area (Å²) in [6.07, 6.45) is 7.64. The first-order valence-electron chi connectivity index (χ1n) is 11.6. The minimum Gasteiger partial charge on any atom is -0.490 e. The van der Waals surface area contributed by atoms with E-state index in [1.165, 1.54) is 41.0 Å². The summed E-state index contributed by atoms with van der Waals surface area (Å²) in [5.74, 6) is 0.986. The molecule has 0 aliphatic heterocycles. The molecule has 0 amide bonds. The number of aromatic nitrogens is 1. The lowest BCUT2D eigenvalue weighted by molar-refractivity contribution is 0.301. The second-order valence-electron chi connectivity index (χ2n) is 8.91. The van der Waals surface area contributed by atoms with E-state index in [1.807, 2.05) is 13.3 Å². The largest absolute Gasteiger partial charge is 0.490 e. The van der Waals surface area contributed by atoms with Crippen molar-refractivity contribution in [3.05, 3.63) is 76.9 Å². The molecule has 3 nitrogen and oxygen atoms in total. The predicted octanol–water partition coefficient (Wildman–Crippen LogP) is 8.24. The number of hydrogen-bond donors (Lipinski definition) is 0. The minimum absolute atomic E-state index is 0.00472. The first-order valence-corrected chi connectivity index (χ1v) is 11.6. The molecule has 0 unspecified atom stereocenters. The van der Waals surface area contributed by atoms with Gasteiger partial charge in [-0.2, -0.15) is 0 Å². The van der Waals surface area contributed by atoms with Gasteiger partial charge in [0.2, 0.25) is 0 Å². The van der Waals surface area contributed by atoms with Gasteiger partial charge in [-0.3, -0.25) is 4.99 Å². The van der Waals surface area contributed by atoms with Crippen LogP contribution in [0.3, 0.4) is 0 Å². The maximum absolute atomic E-state index is 12.5. The van der Waals surface area contributed by atoms with Gasteiger partial charge < -0.3 is 9.30 Å². The minimum atomic E-state index is -0.00472. The van der Waals surface area contributed by atoms with Gasteiger partial charge in [-0.25, -0.2) is 4.39 Å². The van der Waals surface area contributed by atoms with Gasteiger partial charge in [0.05, 0.1) is 17.6 Å². The zero-order valence-corrected chi connectivity index (χ0v) is 21.4. The highest BCUT2D eigenvalue weighted by Gasteiger charge is 2.25. The lowest BCUT2D eigenvalue weighted by atomic mass is 10.0. The number of hydrogen-bond acceptors (Lipinski definition) is 2. The fourth-order valence-electron chi connectivity index (χ4n) is 3.86. The third kappa shape index (κ3) is 6.56. The van der Waals surface area contributed by atoms with Crippen LogP contribution in [-0.4, -0.2) is 23.9 Å². The van der Waals surface area contributed by atoms with E-state index >= 15 is 0 Å². The topological polar surface area (TPSA) is 26.5 Å². The zero-order chi connectivity index (χ0) is 24.7. The Morgan fingerprint density at radius 1 is 1.18 bits per heavy atom. The van der Waals surface area contributed by atoms with Crippen LogP contribution in [0.1, 0.15) is 74.5 Å². The van der Waals surface area contributed by atoms with E-state index in [2.05, 4.69) is 68.6 Å². The van der Waals surface area contributed by atoms with Crippen LogP contribution in [0, 0.1) is 20.8 Å². The average Bonchev–Trinajstić information content (AvgIpc) is 3.54. The molecule has 0 spiro atoms. The molecule has 0 atom stereocenters. The Bertz CT molecular complexity index is 1060. The van der Waals surface area contributed by atoms with Gasteiger partial charge in [0.25, 0.3) is 0 Å². The Morgan fingerprint density at radius 2 is 1.85 bits per heavy atom. The van der Waals surface area contributed by atoms with Crippen molar-refractivity contribution in [1.29, 1.82) is 0 Å². The lowest BCUT2D eigenvalue weighted by Crippen LogP contribution is -2.05. The summed E-state index contributed by atoms with van der Waals surface area (Å²) in [6, 6.07) is 6.30. The van der Waals surface area contributed by atoms with Crippen molar-refractivity contribution < 1.29 is 9.13 Å². The molecule has 2 aromatic rings. The van der Waals surface area contributed by atoms with Crippen molar-refractivity contribution in [3.8, 4) is 11.4 Å². The molecule has 0 bridgehead atoms. The lowest BCUT2D eigenvalue weighted by Gasteiger charge is -2.16. The second-order valence-corrected chi connectivity index (χ2v) is 8.91. The van der Waals surface area contributed by atoms with Crippen molar-refractivity contribution in [2.45, 2.75) is 73.3 Å². The molecule has 1 aliphatic carbocycles. The van der Waals surface area contributed by atoms with Crippen molar-refractivity contribution in [3.63, 3.8) is 0 Å². The number of halogens is 1. The quantitative estimate of drug-likeness (QED) is 0.294. The third-order valence-electron chi connectivity index (χ3n) is 5.80. The molecule has 1 heterocycles. The highest BCUT2D eigenvalue weighted by Crippen LogP contribution is 2.35. The van der Waals surface area contributed by atoms with Gasteiger partial charge in [0, 0.05) is 47.8 Å². The first kappa shape index (κ1) is 26.4. The molecule has 178 valence electrons. The molecule has 0 saturated heterocycles. The summed E-state index contributed by atoms with van der Waals surface area (Å²) in [5, 5.41) is 0. The van der Waals surface area contributed by atoms with Crippen LogP contribution in [0.5, 0.6) is 5.75 Å². The Kier molecular flexibility index (Phi) is 9.45. The highest BCUT2D eigenvalue weighted by molar-refractivity contribution is 5.91. The van der Waals surface area contributed by atoms with Crippen LogP contribution in [0.2, 0.25) is 0 Å². The normalized spacial score (nSPS) is 12.8. The van der Waals surface area contributed by atoms with E-state index in [0.29, 0.717) is 12.5 Å². The molecule has 4 heteroatoms. The van der Waals surface area contributed by atoms with Crippen LogP contribution in [-0.2, 0) is 0 Å². The molecule has 1 aromatic carbocycles. The smallest absolute Gasteiger partial charge is 0.124 e. The summed E-state index contributed by atoms with van der Waals surface area (Å²) in [7, 11) is 1.81. The van der Waals surface area contributed by atoms with Gasteiger partial charge in [0.1, 0.15) is 5.75 Å². The maximum atomic E-state index is 12.5. The molecule has 1 saturated carbocycles. The van der Waals surface area contributed by atoms with E-state index in [0.717, 1.165) is 28.9 Å². The van der Waals surface area contributed by atoms with Crippen molar-refractivity contribution >= 4 is 11.8 Å². The summed E-state index contributed by atoms with van der Waals surface area (Å²) in [4.78, 5) is 4.24. The van der Waals surface area contributed by atoms with Crippen LogP contribution >= 0.6 is 0 Å². The Hall–Kier alpha value is -2.88. The Morgan fingerprint density at radius 3 is 2.36 bits per heavy atom. The number of rotatable bonds is 8.